The number of carbonyl (C=O) groups excluding carboxylic acids is 2. The maximum Gasteiger partial charge on any atom is 0.336 e. The van der Waals surface area contributed by atoms with E-state index in [2.05, 4.69) is 4.74 Å². The fourth-order valence-corrected chi connectivity index (χ4v) is 3.67. The third-order valence-corrected chi connectivity index (χ3v) is 5.00. The average Bonchev–Trinajstić information content (AvgIpc) is 2.85. The molecule has 0 aromatic heterocycles. The van der Waals surface area contributed by atoms with Crippen LogP contribution in [0.2, 0.25) is 0 Å². The summed E-state index contributed by atoms with van der Waals surface area (Å²) in [5, 5.41) is 0. The standard InChI is InChI=1S/C12H19NO4S/c1-12(4-3-7-18-12)11(15)13-5-6-17-9(8-13)10(14)16-2/h9H,3-8H2,1-2H3. The van der Waals surface area contributed by atoms with Crippen molar-refractivity contribution in [1.29, 1.82) is 0 Å². The van der Waals surface area contributed by atoms with Gasteiger partial charge in [-0.1, -0.05) is 0 Å². The van der Waals surface area contributed by atoms with Crippen molar-refractivity contribution < 1.29 is 19.1 Å². The molecule has 18 heavy (non-hydrogen) atoms. The molecule has 2 heterocycles. The predicted molar refractivity (Wildman–Crippen MR) is 68.4 cm³/mol. The van der Waals surface area contributed by atoms with Crippen molar-refractivity contribution in [2.45, 2.75) is 30.6 Å². The summed E-state index contributed by atoms with van der Waals surface area (Å²) in [6, 6.07) is 0. The molecule has 2 fully saturated rings. The van der Waals surface area contributed by atoms with Crippen molar-refractivity contribution in [2.75, 3.05) is 32.6 Å². The zero-order chi connectivity index (χ0) is 13.2. The highest BCUT2D eigenvalue weighted by Gasteiger charge is 2.42. The molecule has 2 saturated heterocycles. The minimum Gasteiger partial charge on any atom is -0.467 e. The third-order valence-electron chi connectivity index (χ3n) is 3.49. The van der Waals surface area contributed by atoms with Gasteiger partial charge >= 0.3 is 5.97 Å². The van der Waals surface area contributed by atoms with Crippen LogP contribution in [0.1, 0.15) is 19.8 Å². The van der Waals surface area contributed by atoms with Gasteiger partial charge < -0.3 is 14.4 Å². The molecule has 0 aromatic rings. The summed E-state index contributed by atoms with van der Waals surface area (Å²) in [5.74, 6) is 0.756. The van der Waals surface area contributed by atoms with Gasteiger partial charge in [0.05, 0.1) is 25.0 Å². The maximum atomic E-state index is 12.5. The van der Waals surface area contributed by atoms with E-state index in [-0.39, 0.29) is 10.7 Å². The van der Waals surface area contributed by atoms with Crippen LogP contribution in [0.4, 0.5) is 0 Å². The van der Waals surface area contributed by atoms with Crippen LogP contribution in [0.5, 0.6) is 0 Å². The van der Waals surface area contributed by atoms with Gasteiger partial charge in [-0.15, -0.1) is 11.8 Å². The minimum atomic E-state index is -0.636. The van der Waals surface area contributed by atoms with Crippen LogP contribution in [-0.2, 0) is 19.1 Å². The molecule has 0 saturated carbocycles. The Kier molecular flexibility index (Phi) is 4.17. The minimum absolute atomic E-state index is 0.127. The number of methoxy groups -OCH3 is 1. The largest absolute Gasteiger partial charge is 0.467 e. The molecule has 0 radical (unpaired) electrons. The summed E-state index contributed by atoms with van der Waals surface area (Å²) in [7, 11) is 1.33. The lowest BCUT2D eigenvalue weighted by molar-refractivity contribution is -0.163. The van der Waals surface area contributed by atoms with E-state index in [4.69, 9.17) is 4.74 Å². The first-order valence-electron chi connectivity index (χ1n) is 6.19. The van der Waals surface area contributed by atoms with Crippen LogP contribution < -0.4 is 0 Å². The Morgan fingerprint density at radius 2 is 2.28 bits per heavy atom. The zero-order valence-electron chi connectivity index (χ0n) is 10.8. The highest BCUT2D eigenvalue weighted by molar-refractivity contribution is 8.01. The Hall–Kier alpha value is -0.750. The number of nitrogens with zero attached hydrogens (tertiary/aromatic N) is 1. The zero-order valence-corrected chi connectivity index (χ0v) is 11.6. The highest BCUT2D eigenvalue weighted by atomic mass is 32.2. The fourth-order valence-electron chi connectivity index (χ4n) is 2.39. The molecule has 1 amide bonds. The summed E-state index contributed by atoms with van der Waals surface area (Å²) >= 11 is 1.71. The number of rotatable bonds is 2. The third kappa shape index (κ3) is 2.64. The Bertz CT molecular complexity index is 341. The number of ether oxygens (including phenoxy) is 2. The van der Waals surface area contributed by atoms with E-state index in [1.54, 1.807) is 16.7 Å². The van der Waals surface area contributed by atoms with E-state index in [0.29, 0.717) is 19.7 Å². The smallest absolute Gasteiger partial charge is 0.336 e. The van der Waals surface area contributed by atoms with Gasteiger partial charge in [-0.05, 0) is 25.5 Å². The second kappa shape index (κ2) is 5.48. The molecule has 2 unspecified atom stereocenters. The Labute approximate surface area is 111 Å². The molecule has 0 bridgehead atoms. The molecule has 102 valence electrons. The molecular formula is C12H19NO4S. The van der Waals surface area contributed by atoms with Gasteiger partial charge in [0.1, 0.15) is 0 Å². The predicted octanol–water partition coefficient (Wildman–Crippen LogP) is 0.672. The summed E-state index contributed by atoms with van der Waals surface area (Å²) < 4.78 is 9.67. The molecule has 0 N–H and O–H groups in total. The Balaban J connectivity index is 2.00. The average molecular weight is 273 g/mol. The van der Waals surface area contributed by atoms with Gasteiger partial charge in [0, 0.05) is 6.54 Å². The van der Waals surface area contributed by atoms with Gasteiger partial charge in [0.15, 0.2) is 6.10 Å². The second-order valence-electron chi connectivity index (χ2n) is 4.82. The molecule has 5 nitrogen and oxygen atoms in total. The van der Waals surface area contributed by atoms with Gasteiger partial charge in [-0.2, -0.15) is 0 Å². The normalized spacial score (nSPS) is 32.3. The Morgan fingerprint density at radius 1 is 1.50 bits per heavy atom. The van der Waals surface area contributed by atoms with E-state index >= 15 is 0 Å². The number of morpholine rings is 1. The second-order valence-corrected chi connectivity index (χ2v) is 6.41. The summed E-state index contributed by atoms with van der Waals surface area (Å²) in [6.45, 7) is 3.26. The highest BCUT2D eigenvalue weighted by Crippen LogP contribution is 2.39. The molecule has 0 aromatic carbocycles. The molecular weight excluding hydrogens is 254 g/mol. The molecule has 2 rings (SSSR count). The number of carbonyl (C=O) groups is 2. The molecule has 0 aliphatic carbocycles. The number of amides is 1. The first-order valence-corrected chi connectivity index (χ1v) is 7.18. The molecule has 0 spiro atoms. The van der Waals surface area contributed by atoms with Gasteiger partial charge in [-0.25, -0.2) is 4.79 Å². The van der Waals surface area contributed by atoms with Gasteiger partial charge in [0.2, 0.25) is 5.91 Å². The van der Waals surface area contributed by atoms with E-state index in [0.717, 1.165) is 18.6 Å². The van der Waals surface area contributed by atoms with Crippen molar-refractivity contribution in [1.82, 2.24) is 4.90 Å². The molecule has 2 aliphatic heterocycles. The number of hydrogen-bond donors (Lipinski definition) is 0. The van der Waals surface area contributed by atoms with Crippen LogP contribution in [-0.4, -0.2) is 60.2 Å². The molecule has 6 heteroatoms. The quantitative estimate of drug-likeness (QED) is 0.692. The first-order chi connectivity index (χ1) is 8.57. The van der Waals surface area contributed by atoms with Gasteiger partial charge in [-0.3, -0.25) is 4.79 Å². The SMILES string of the molecule is COC(=O)C1CN(C(=O)C2(C)CCCS2)CCO1. The van der Waals surface area contributed by atoms with E-state index in [9.17, 15) is 9.59 Å². The van der Waals surface area contributed by atoms with Crippen molar-refractivity contribution in [3.63, 3.8) is 0 Å². The van der Waals surface area contributed by atoms with Crippen LogP contribution >= 0.6 is 11.8 Å². The lowest BCUT2D eigenvalue weighted by Gasteiger charge is -2.36. The monoisotopic (exact) mass is 273 g/mol. The van der Waals surface area contributed by atoms with Crippen LogP contribution in [0.15, 0.2) is 0 Å². The van der Waals surface area contributed by atoms with Crippen molar-refractivity contribution in [2.24, 2.45) is 0 Å². The van der Waals surface area contributed by atoms with E-state index in [1.807, 2.05) is 6.92 Å². The first kappa shape index (κ1) is 13.7. The lowest BCUT2D eigenvalue weighted by Crippen LogP contribution is -2.53. The van der Waals surface area contributed by atoms with Crippen molar-refractivity contribution >= 4 is 23.6 Å². The van der Waals surface area contributed by atoms with Crippen LogP contribution in [0, 0.1) is 0 Å². The number of esters is 1. The van der Waals surface area contributed by atoms with E-state index < -0.39 is 12.1 Å². The Morgan fingerprint density at radius 3 is 2.89 bits per heavy atom. The van der Waals surface area contributed by atoms with Gasteiger partial charge in [0.25, 0.3) is 0 Å². The van der Waals surface area contributed by atoms with E-state index in [1.165, 1.54) is 7.11 Å². The van der Waals surface area contributed by atoms with Crippen molar-refractivity contribution in [3.8, 4) is 0 Å². The molecule has 2 atom stereocenters. The fraction of sp³-hybridized carbons (Fsp3) is 0.833. The number of thioether (sulfide) groups is 1. The lowest BCUT2D eigenvalue weighted by atomic mass is 10.0. The molecule has 2 aliphatic rings. The van der Waals surface area contributed by atoms with Crippen LogP contribution in [0.25, 0.3) is 0 Å². The van der Waals surface area contributed by atoms with Crippen molar-refractivity contribution in [3.05, 3.63) is 0 Å². The maximum absolute atomic E-state index is 12.5. The summed E-state index contributed by atoms with van der Waals surface area (Å²) in [4.78, 5) is 25.7. The van der Waals surface area contributed by atoms with Crippen LogP contribution in [0.3, 0.4) is 0 Å². The summed E-state index contributed by atoms with van der Waals surface area (Å²) in [5.41, 5.74) is 0. The summed E-state index contributed by atoms with van der Waals surface area (Å²) in [6.07, 6.45) is 1.36. The topological polar surface area (TPSA) is 55.8 Å². The number of hydrogen-bond acceptors (Lipinski definition) is 5.